The van der Waals surface area contributed by atoms with Crippen LogP contribution in [0.2, 0.25) is 0 Å². The monoisotopic (exact) mass is 357 g/mol. The minimum absolute atomic E-state index is 0.0484. The molecule has 0 spiro atoms. The molecule has 138 valence electrons. The minimum Gasteiger partial charge on any atom is -0.481 e. The van der Waals surface area contributed by atoms with E-state index in [9.17, 15) is 14.7 Å². The highest BCUT2D eigenvalue weighted by molar-refractivity contribution is 5.84. The fraction of sp³-hybridized carbons (Fsp3) is 0.632. The molecule has 1 amide bonds. The van der Waals surface area contributed by atoms with E-state index in [1.54, 1.807) is 6.20 Å². The summed E-state index contributed by atoms with van der Waals surface area (Å²) in [6, 6.07) is 2.34. The van der Waals surface area contributed by atoms with Gasteiger partial charge in [-0.2, -0.15) is 5.10 Å². The number of rotatable bonds is 3. The highest BCUT2D eigenvalue weighted by Gasteiger charge is 2.59. The molecule has 3 aliphatic heterocycles. The SMILES string of the molecule is Cn1nccc1C1=CC2CCC(C1)N2C(=O)[C@@H]1C[C@H]2[C@@H](CO1)[C@H]2C(=O)O. The van der Waals surface area contributed by atoms with Gasteiger partial charge in [-0.25, -0.2) is 0 Å². The van der Waals surface area contributed by atoms with Crippen LogP contribution >= 0.6 is 0 Å². The number of hydrogen-bond donors (Lipinski definition) is 1. The molecule has 6 atom stereocenters. The molecule has 2 unspecified atom stereocenters. The van der Waals surface area contributed by atoms with Crippen LogP contribution in [0.4, 0.5) is 0 Å². The molecule has 1 saturated carbocycles. The van der Waals surface area contributed by atoms with Gasteiger partial charge >= 0.3 is 5.97 Å². The number of fused-ring (bicyclic) bond motifs is 3. The van der Waals surface area contributed by atoms with Crippen molar-refractivity contribution in [3.8, 4) is 0 Å². The number of ether oxygens (including phenoxy) is 1. The molecule has 26 heavy (non-hydrogen) atoms. The van der Waals surface area contributed by atoms with E-state index >= 15 is 0 Å². The molecular formula is C19H23N3O4. The van der Waals surface area contributed by atoms with Gasteiger partial charge < -0.3 is 14.7 Å². The van der Waals surface area contributed by atoms with Gasteiger partial charge in [-0.05, 0) is 49.2 Å². The number of carbonyl (C=O) groups excluding carboxylic acids is 1. The van der Waals surface area contributed by atoms with Crippen molar-refractivity contribution < 1.29 is 19.4 Å². The topological polar surface area (TPSA) is 84.7 Å². The Morgan fingerprint density at radius 3 is 2.85 bits per heavy atom. The number of nitrogens with zero attached hydrogens (tertiary/aromatic N) is 3. The van der Waals surface area contributed by atoms with Gasteiger partial charge in [0.1, 0.15) is 6.10 Å². The first-order valence-electron chi connectivity index (χ1n) is 9.40. The van der Waals surface area contributed by atoms with Gasteiger partial charge in [0.05, 0.1) is 24.3 Å². The van der Waals surface area contributed by atoms with Crippen molar-refractivity contribution in [2.24, 2.45) is 24.8 Å². The maximum absolute atomic E-state index is 13.1. The zero-order valence-electron chi connectivity index (χ0n) is 14.7. The lowest BCUT2D eigenvalue weighted by Gasteiger charge is -2.37. The summed E-state index contributed by atoms with van der Waals surface area (Å²) in [5.74, 6) is -0.808. The Balaban J connectivity index is 1.32. The van der Waals surface area contributed by atoms with E-state index in [1.165, 1.54) is 5.57 Å². The van der Waals surface area contributed by atoms with Crippen LogP contribution in [0.25, 0.3) is 5.57 Å². The second kappa shape index (κ2) is 5.67. The van der Waals surface area contributed by atoms with Gasteiger partial charge in [0, 0.05) is 19.3 Å². The summed E-state index contributed by atoms with van der Waals surface area (Å²) in [4.78, 5) is 26.4. The average Bonchev–Trinajstić information content (AvgIpc) is 3.10. The van der Waals surface area contributed by atoms with Crippen LogP contribution in [-0.2, 0) is 21.4 Å². The van der Waals surface area contributed by atoms with Crippen LogP contribution in [-0.4, -0.2) is 56.5 Å². The first-order valence-corrected chi connectivity index (χ1v) is 9.40. The molecule has 2 saturated heterocycles. The van der Waals surface area contributed by atoms with E-state index in [0.717, 1.165) is 25.0 Å². The molecular weight excluding hydrogens is 334 g/mol. The quantitative estimate of drug-likeness (QED) is 0.881. The van der Waals surface area contributed by atoms with Crippen molar-refractivity contribution in [1.29, 1.82) is 0 Å². The Labute approximate surface area is 151 Å². The Morgan fingerprint density at radius 1 is 1.31 bits per heavy atom. The van der Waals surface area contributed by atoms with Crippen LogP contribution in [0, 0.1) is 17.8 Å². The summed E-state index contributed by atoms with van der Waals surface area (Å²) in [6.07, 6.45) is 6.92. The maximum atomic E-state index is 13.1. The Morgan fingerprint density at radius 2 is 2.15 bits per heavy atom. The van der Waals surface area contributed by atoms with Crippen molar-refractivity contribution in [2.45, 2.75) is 43.9 Å². The first-order chi connectivity index (χ1) is 12.5. The van der Waals surface area contributed by atoms with E-state index in [0.29, 0.717) is 13.0 Å². The first kappa shape index (κ1) is 16.1. The molecule has 0 aromatic carbocycles. The van der Waals surface area contributed by atoms with Crippen molar-refractivity contribution in [1.82, 2.24) is 14.7 Å². The molecule has 1 aliphatic carbocycles. The molecule has 7 heteroatoms. The van der Waals surface area contributed by atoms with Crippen molar-refractivity contribution in [3.63, 3.8) is 0 Å². The van der Waals surface area contributed by atoms with Gasteiger partial charge in [0.2, 0.25) is 0 Å². The third-order valence-electron chi connectivity index (χ3n) is 6.67. The number of carboxylic acid groups (broad SMARTS) is 1. The number of hydrogen-bond acceptors (Lipinski definition) is 4. The lowest BCUT2D eigenvalue weighted by molar-refractivity contribution is -0.149. The number of aliphatic carboxylic acids is 1. The highest BCUT2D eigenvalue weighted by atomic mass is 16.5. The van der Waals surface area contributed by atoms with Crippen LogP contribution < -0.4 is 0 Å². The number of carbonyl (C=O) groups is 2. The summed E-state index contributed by atoms with van der Waals surface area (Å²) in [5, 5.41) is 13.5. The second-order valence-corrected chi connectivity index (χ2v) is 8.03. The summed E-state index contributed by atoms with van der Waals surface area (Å²) in [5.41, 5.74) is 2.38. The van der Waals surface area contributed by atoms with Gasteiger partial charge in [-0.3, -0.25) is 14.3 Å². The fourth-order valence-corrected chi connectivity index (χ4v) is 5.29. The largest absolute Gasteiger partial charge is 0.481 e. The lowest BCUT2D eigenvalue weighted by atomic mass is 9.97. The van der Waals surface area contributed by atoms with Crippen LogP contribution in [0.1, 0.15) is 31.4 Å². The molecule has 7 nitrogen and oxygen atoms in total. The van der Waals surface area contributed by atoms with Crippen LogP contribution in [0.15, 0.2) is 18.3 Å². The number of carboxylic acids is 1. The molecule has 1 N–H and O–H groups in total. The normalized spacial score (nSPS) is 37.9. The van der Waals surface area contributed by atoms with Crippen molar-refractivity contribution >= 4 is 17.4 Å². The summed E-state index contributed by atoms with van der Waals surface area (Å²) in [7, 11) is 1.94. The second-order valence-electron chi connectivity index (χ2n) is 8.03. The zero-order chi connectivity index (χ0) is 18.0. The standard InChI is InChI=1S/C19H23N3O4/c1-21-15(4-5-20-21)10-6-11-2-3-12(7-10)22(11)18(23)16-8-13-14(9-26-16)17(13)19(24)25/h4-6,11-14,16-17H,2-3,7-9H2,1H3,(H,24,25)/t11?,12?,13-,14+,16-,17-/m0/s1. The number of amides is 1. The molecule has 4 aliphatic rings. The number of aryl methyl sites for hydroxylation is 1. The van der Waals surface area contributed by atoms with E-state index in [2.05, 4.69) is 11.2 Å². The Kier molecular flexibility index (Phi) is 3.50. The van der Waals surface area contributed by atoms with E-state index in [4.69, 9.17) is 4.74 Å². The third kappa shape index (κ3) is 2.33. The Hall–Kier alpha value is -2.15. The smallest absolute Gasteiger partial charge is 0.307 e. The fourth-order valence-electron chi connectivity index (χ4n) is 5.29. The Bertz CT molecular complexity index is 800. The molecule has 1 aromatic rings. The van der Waals surface area contributed by atoms with Crippen molar-refractivity contribution in [2.75, 3.05) is 6.61 Å². The van der Waals surface area contributed by atoms with E-state index in [1.807, 2.05) is 22.7 Å². The van der Waals surface area contributed by atoms with Crippen molar-refractivity contribution in [3.05, 3.63) is 24.0 Å². The minimum atomic E-state index is -0.751. The number of aromatic nitrogens is 2. The predicted molar refractivity (Wildman–Crippen MR) is 91.9 cm³/mol. The molecule has 3 fully saturated rings. The molecule has 4 heterocycles. The highest BCUT2D eigenvalue weighted by Crippen LogP contribution is 2.53. The third-order valence-corrected chi connectivity index (χ3v) is 6.67. The van der Waals surface area contributed by atoms with Gasteiger partial charge in [0.15, 0.2) is 0 Å². The summed E-state index contributed by atoms with van der Waals surface area (Å²) >= 11 is 0. The van der Waals surface area contributed by atoms with Crippen LogP contribution in [0.5, 0.6) is 0 Å². The van der Waals surface area contributed by atoms with Gasteiger partial charge in [-0.1, -0.05) is 6.08 Å². The average molecular weight is 357 g/mol. The predicted octanol–water partition coefficient (Wildman–Crippen LogP) is 1.30. The summed E-state index contributed by atoms with van der Waals surface area (Å²) < 4.78 is 7.66. The zero-order valence-corrected chi connectivity index (χ0v) is 14.7. The van der Waals surface area contributed by atoms with E-state index in [-0.39, 0.29) is 35.7 Å². The maximum Gasteiger partial charge on any atom is 0.307 e. The molecule has 2 bridgehead atoms. The lowest BCUT2D eigenvalue weighted by Crippen LogP contribution is -2.49. The molecule has 0 radical (unpaired) electrons. The van der Waals surface area contributed by atoms with Crippen LogP contribution in [0.3, 0.4) is 0 Å². The van der Waals surface area contributed by atoms with Gasteiger partial charge in [-0.15, -0.1) is 0 Å². The summed E-state index contributed by atoms with van der Waals surface area (Å²) in [6.45, 7) is 0.400. The molecule has 5 rings (SSSR count). The van der Waals surface area contributed by atoms with E-state index < -0.39 is 12.1 Å². The van der Waals surface area contributed by atoms with Gasteiger partial charge in [0.25, 0.3) is 5.91 Å². The molecule has 1 aromatic heterocycles.